The fourth-order valence-electron chi connectivity index (χ4n) is 4.22. The third-order valence-electron chi connectivity index (χ3n) is 5.98. The number of nitrogens with zero attached hydrogens (tertiary/aromatic N) is 6. The molecule has 1 aliphatic heterocycles. The molecule has 8 nitrogen and oxygen atoms in total. The Morgan fingerprint density at radius 1 is 1.03 bits per heavy atom. The maximum absolute atomic E-state index is 13.1. The van der Waals surface area contributed by atoms with Crippen LogP contribution in [0.3, 0.4) is 0 Å². The standard InChI is InChI=1S/C25H26N6O2S/c1-2-3-9-15-29-23(33)19-12-7-8-13-21(19)31-24(29)26-27-25(31)34-17-22(32)30-16-14-20(28-30)18-10-5-4-6-11-18/h4-8,10-13H,2-3,9,14-17H2,1H3. The molecule has 0 aliphatic carbocycles. The van der Waals surface area contributed by atoms with Gasteiger partial charge in [-0.15, -0.1) is 10.2 Å². The molecule has 0 saturated carbocycles. The molecule has 2 aromatic carbocycles. The molecule has 0 radical (unpaired) electrons. The summed E-state index contributed by atoms with van der Waals surface area (Å²) in [5.41, 5.74) is 2.66. The van der Waals surface area contributed by atoms with Crippen LogP contribution in [0.5, 0.6) is 0 Å². The zero-order valence-corrected chi connectivity index (χ0v) is 19.9. The molecule has 1 amide bonds. The monoisotopic (exact) mass is 474 g/mol. The SMILES string of the molecule is CCCCCn1c(=O)c2ccccc2n2c(SCC(=O)N3CCC(c4ccccc4)=N3)nnc12. The Labute approximate surface area is 201 Å². The van der Waals surface area contributed by atoms with Crippen LogP contribution in [0.2, 0.25) is 0 Å². The maximum atomic E-state index is 13.1. The second-order valence-electron chi connectivity index (χ2n) is 8.27. The van der Waals surface area contributed by atoms with Gasteiger partial charge in [-0.2, -0.15) is 5.10 Å². The number of carbonyl (C=O) groups is 1. The maximum Gasteiger partial charge on any atom is 0.262 e. The summed E-state index contributed by atoms with van der Waals surface area (Å²) < 4.78 is 3.59. The predicted molar refractivity (Wildman–Crippen MR) is 134 cm³/mol. The number of unbranched alkanes of at least 4 members (excludes halogenated alkanes) is 2. The summed E-state index contributed by atoms with van der Waals surface area (Å²) in [6.45, 7) is 3.30. The zero-order chi connectivity index (χ0) is 23.5. The van der Waals surface area contributed by atoms with Crippen LogP contribution in [0, 0.1) is 0 Å². The molecule has 0 saturated heterocycles. The van der Waals surface area contributed by atoms with Gasteiger partial charge in [-0.05, 0) is 24.1 Å². The van der Waals surface area contributed by atoms with Crippen LogP contribution in [-0.2, 0) is 11.3 Å². The first-order valence-corrected chi connectivity index (χ1v) is 12.6. The number of fused-ring (bicyclic) bond motifs is 3. The molecule has 3 heterocycles. The Bertz CT molecular complexity index is 1430. The summed E-state index contributed by atoms with van der Waals surface area (Å²) in [5, 5.41) is 16.0. The van der Waals surface area contributed by atoms with Crippen molar-refractivity contribution < 1.29 is 4.79 Å². The lowest BCUT2D eigenvalue weighted by atomic mass is 10.1. The van der Waals surface area contributed by atoms with Crippen molar-refractivity contribution in [2.45, 2.75) is 44.3 Å². The van der Waals surface area contributed by atoms with Crippen LogP contribution >= 0.6 is 11.8 Å². The van der Waals surface area contributed by atoms with Gasteiger partial charge in [0.15, 0.2) is 5.16 Å². The molecule has 5 rings (SSSR count). The molecule has 0 spiro atoms. The molecule has 174 valence electrons. The van der Waals surface area contributed by atoms with E-state index >= 15 is 0 Å². The highest BCUT2D eigenvalue weighted by Crippen LogP contribution is 2.23. The van der Waals surface area contributed by atoms with E-state index in [9.17, 15) is 9.59 Å². The third-order valence-corrected chi connectivity index (χ3v) is 6.90. The molecule has 0 unspecified atom stereocenters. The minimum absolute atomic E-state index is 0.0564. The van der Waals surface area contributed by atoms with Gasteiger partial charge in [-0.25, -0.2) is 5.01 Å². The van der Waals surface area contributed by atoms with E-state index in [1.807, 2.05) is 59.0 Å². The van der Waals surface area contributed by atoms with Crippen LogP contribution < -0.4 is 5.56 Å². The highest BCUT2D eigenvalue weighted by atomic mass is 32.2. The summed E-state index contributed by atoms with van der Waals surface area (Å²) in [7, 11) is 0. The van der Waals surface area contributed by atoms with Crippen LogP contribution in [0.25, 0.3) is 16.7 Å². The van der Waals surface area contributed by atoms with Crippen molar-refractivity contribution >= 4 is 40.1 Å². The van der Waals surface area contributed by atoms with E-state index in [0.717, 1.165) is 42.5 Å². The Balaban J connectivity index is 1.41. The van der Waals surface area contributed by atoms with E-state index in [1.54, 1.807) is 4.57 Å². The molecule has 0 N–H and O–H groups in total. The van der Waals surface area contributed by atoms with Crippen molar-refractivity contribution in [3.05, 3.63) is 70.5 Å². The summed E-state index contributed by atoms with van der Waals surface area (Å²) in [5.74, 6) is 0.629. The largest absolute Gasteiger partial charge is 0.276 e. The molecule has 1 aliphatic rings. The van der Waals surface area contributed by atoms with E-state index < -0.39 is 0 Å². The van der Waals surface area contributed by atoms with Crippen molar-refractivity contribution in [1.29, 1.82) is 0 Å². The lowest BCUT2D eigenvalue weighted by Gasteiger charge is -2.12. The molecule has 9 heteroatoms. The Hall–Kier alpha value is -3.46. The highest BCUT2D eigenvalue weighted by molar-refractivity contribution is 7.99. The fourth-order valence-corrected chi connectivity index (χ4v) is 5.03. The molecular weight excluding hydrogens is 448 g/mol. The minimum atomic E-state index is -0.0757. The summed E-state index contributed by atoms with van der Waals surface area (Å²) in [6.07, 6.45) is 3.74. The third kappa shape index (κ3) is 4.23. The minimum Gasteiger partial charge on any atom is -0.276 e. The van der Waals surface area contributed by atoms with Crippen molar-refractivity contribution in [1.82, 2.24) is 24.2 Å². The van der Waals surface area contributed by atoms with Gasteiger partial charge in [0.25, 0.3) is 11.5 Å². The van der Waals surface area contributed by atoms with E-state index in [2.05, 4.69) is 22.2 Å². The van der Waals surface area contributed by atoms with Gasteiger partial charge in [0.05, 0.1) is 28.9 Å². The molecule has 0 atom stereocenters. The van der Waals surface area contributed by atoms with Gasteiger partial charge in [-0.3, -0.25) is 18.6 Å². The van der Waals surface area contributed by atoms with Crippen LogP contribution in [0.1, 0.15) is 38.2 Å². The Morgan fingerprint density at radius 3 is 2.65 bits per heavy atom. The summed E-state index contributed by atoms with van der Waals surface area (Å²) in [6, 6.07) is 17.4. The Morgan fingerprint density at radius 2 is 1.82 bits per heavy atom. The number of carbonyl (C=O) groups excluding carboxylic acids is 1. The van der Waals surface area contributed by atoms with Crippen LogP contribution in [-0.4, -0.2) is 48.1 Å². The van der Waals surface area contributed by atoms with Crippen LogP contribution in [0.15, 0.2) is 69.6 Å². The van der Waals surface area contributed by atoms with Gasteiger partial charge in [-0.1, -0.05) is 74.0 Å². The number of aromatic nitrogens is 4. The van der Waals surface area contributed by atoms with E-state index in [0.29, 0.717) is 29.4 Å². The van der Waals surface area contributed by atoms with Crippen molar-refractivity contribution in [3.8, 4) is 0 Å². The molecule has 34 heavy (non-hydrogen) atoms. The number of benzene rings is 2. The average Bonchev–Trinajstić information content (AvgIpc) is 3.53. The topological polar surface area (TPSA) is 84.9 Å². The smallest absolute Gasteiger partial charge is 0.262 e. The van der Waals surface area contributed by atoms with E-state index in [4.69, 9.17) is 0 Å². The van der Waals surface area contributed by atoms with Gasteiger partial charge >= 0.3 is 0 Å². The number of aryl methyl sites for hydroxylation is 1. The number of hydrogen-bond acceptors (Lipinski definition) is 6. The molecular formula is C25H26N6O2S. The first-order chi connectivity index (χ1) is 16.7. The van der Waals surface area contributed by atoms with Crippen molar-refractivity contribution in [2.75, 3.05) is 12.3 Å². The lowest BCUT2D eigenvalue weighted by Crippen LogP contribution is -2.25. The van der Waals surface area contributed by atoms with Gasteiger partial charge < -0.3 is 0 Å². The Kier molecular flexibility index (Phi) is 6.44. The first-order valence-electron chi connectivity index (χ1n) is 11.6. The van der Waals surface area contributed by atoms with E-state index in [1.165, 1.54) is 16.8 Å². The summed E-state index contributed by atoms with van der Waals surface area (Å²) >= 11 is 1.32. The summed E-state index contributed by atoms with van der Waals surface area (Å²) in [4.78, 5) is 26.0. The molecule has 2 aromatic heterocycles. The number of hydrazone groups is 1. The molecule has 4 aromatic rings. The highest BCUT2D eigenvalue weighted by Gasteiger charge is 2.23. The number of para-hydroxylation sites is 1. The second-order valence-corrected chi connectivity index (χ2v) is 9.21. The second kappa shape index (κ2) is 9.80. The number of hydrogen-bond donors (Lipinski definition) is 0. The van der Waals surface area contributed by atoms with Gasteiger partial charge in [0.2, 0.25) is 5.78 Å². The normalized spacial score (nSPS) is 13.7. The molecule has 0 fully saturated rings. The number of amides is 1. The quantitative estimate of drug-likeness (QED) is 0.285. The van der Waals surface area contributed by atoms with Crippen LogP contribution in [0.4, 0.5) is 0 Å². The first kappa shape index (κ1) is 22.3. The number of rotatable bonds is 8. The zero-order valence-electron chi connectivity index (χ0n) is 19.1. The van der Waals surface area contributed by atoms with E-state index in [-0.39, 0.29) is 17.2 Å². The average molecular weight is 475 g/mol. The predicted octanol–water partition coefficient (Wildman–Crippen LogP) is 3.96. The molecule has 0 bridgehead atoms. The lowest BCUT2D eigenvalue weighted by molar-refractivity contribution is -0.127. The fraction of sp³-hybridized carbons (Fsp3) is 0.320. The van der Waals surface area contributed by atoms with Gasteiger partial charge in [0, 0.05) is 13.0 Å². The van der Waals surface area contributed by atoms with Crippen molar-refractivity contribution in [3.63, 3.8) is 0 Å². The van der Waals surface area contributed by atoms with Gasteiger partial charge in [0.1, 0.15) is 0 Å². The van der Waals surface area contributed by atoms with Crippen molar-refractivity contribution in [2.24, 2.45) is 5.10 Å². The number of thioether (sulfide) groups is 1.